The Morgan fingerprint density at radius 3 is 3.28 bits per heavy atom. The number of hydrogen-bond acceptors (Lipinski definition) is 4. The van der Waals surface area contributed by atoms with E-state index in [9.17, 15) is 4.79 Å². The number of amides is 2. The van der Waals surface area contributed by atoms with Gasteiger partial charge >= 0.3 is 6.03 Å². The number of thiazole rings is 1. The molecule has 0 spiro atoms. The van der Waals surface area contributed by atoms with Gasteiger partial charge in [0.25, 0.3) is 0 Å². The molecule has 1 aromatic heterocycles. The molecular weight excluding hydrogens is 250 g/mol. The Bertz CT molecular complexity index is 497. The van der Waals surface area contributed by atoms with Crippen LogP contribution in [0.5, 0.6) is 0 Å². The van der Waals surface area contributed by atoms with E-state index in [4.69, 9.17) is 4.84 Å². The maximum atomic E-state index is 12.1. The molecule has 0 aliphatic carbocycles. The van der Waals surface area contributed by atoms with Crippen LogP contribution in [0.3, 0.4) is 0 Å². The van der Waals surface area contributed by atoms with Crippen LogP contribution in [0.1, 0.15) is 5.01 Å². The first-order chi connectivity index (χ1) is 8.79. The first kappa shape index (κ1) is 11.4. The van der Waals surface area contributed by atoms with E-state index >= 15 is 0 Å². The van der Waals surface area contributed by atoms with E-state index in [1.54, 1.807) is 28.5 Å². The number of fused-ring (bicyclic) bond motifs is 2. The van der Waals surface area contributed by atoms with Gasteiger partial charge in [-0.15, -0.1) is 17.9 Å². The molecule has 2 amide bonds. The maximum Gasteiger partial charge on any atom is 0.344 e. The zero-order valence-electron chi connectivity index (χ0n) is 9.78. The smallest absolute Gasteiger partial charge is 0.316 e. The molecule has 1 aromatic rings. The van der Waals surface area contributed by atoms with Crippen molar-refractivity contribution in [3.05, 3.63) is 35.3 Å². The van der Waals surface area contributed by atoms with Gasteiger partial charge in [0.2, 0.25) is 0 Å². The Morgan fingerprint density at radius 2 is 2.56 bits per heavy atom. The number of hydroxylamine groups is 2. The lowest BCUT2D eigenvalue weighted by Crippen LogP contribution is -2.33. The summed E-state index contributed by atoms with van der Waals surface area (Å²) in [4.78, 5) is 23.5. The lowest BCUT2D eigenvalue weighted by atomic mass is 10.1. The Morgan fingerprint density at radius 1 is 1.67 bits per heavy atom. The fourth-order valence-corrected chi connectivity index (χ4v) is 2.86. The first-order valence-electron chi connectivity index (χ1n) is 5.72. The number of carbonyl (C=O) groups excluding carboxylic acids is 1. The number of aromatic nitrogens is 1. The van der Waals surface area contributed by atoms with Gasteiger partial charge in [-0.3, -0.25) is 4.84 Å². The van der Waals surface area contributed by atoms with Gasteiger partial charge in [-0.1, -0.05) is 6.08 Å². The Kier molecular flexibility index (Phi) is 2.89. The highest BCUT2D eigenvalue weighted by molar-refractivity contribution is 7.10. The zero-order chi connectivity index (χ0) is 12.5. The molecular formula is C12H13N3O2S. The molecule has 2 aliphatic heterocycles. The van der Waals surface area contributed by atoms with Crippen molar-refractivity contribution in [1.29, 1.82) is 0 Å². The Labute approximate surface area is 109 Å². The van der Waals surface area contributed by atoms with Crippen LogP contribution in [0.25, 0.3) is 5.57 Å². The van der Waals surface area contributed by atoms with Crippen molar-refractivity contribution < 1.29 is 9.63 Å². The standard InChI is InChI=1S/C12H13N3O2S/c1-2-4-17-15-10-6-9(11-13-3-5-18-11)7-14(8-10)12(15)16/h2-3,5-6,10H,1,4,7-8H2. The molecule has 94 valence electrons. The second-order valence-corrected chi connectivity index (χ2v) is 5.06. The zero-order valence-corrected chi connectivity index (χ0v) is 10.6. The first-order valence-corrected chi connectivity index (χ1v) is 6.60. The van der Waals surface area contributed by atoms with Crippen molar-refractivity contribution >= 4 is 22.9 Å². The molecule has 2 aliphatic rings. The minimum Gasteiger partial charge on any atom is -0.316 e. The van der Waals surface area contributed by atoms with Crippen LogP contribution in [0.15, 0.2) is 30.3 Å². The SMILES string of the molecule is C=CCON1C(=O)N2CC(c3nccs3)=CC1C2. The minimum atomic E-state index is -0.0790. The Hall–Kier alpha value is -1.66. The van der Waals surface area contributed by atoms with E-state index in [1.165, 1.54) is 5.06 Å². The summed E-state index contributed by atoms with van der Waals surface area (Å²) in [5, 5.41) is 4.35. The van der Waals surface area contributed by atoms with Crippen LogP contribution < -0.4 is 0 Å². The summed E-state index contributed by atoms with van der Waals surface area (Å²) in [7, 11) is 0. The summed E-state index contributed by atoms with van der Waals surface area (Å²) in [5.74, 6) is 0. The highest BCUT2D eigenvalue weighted by Crippen LogP contribution is 2.30. The number of carbonyl (C=O) groups is 1. The molecule has 1 fully saturated rings. The number of nitrogens with zero attached hydrogens (tertiary/aromatic N) is 3. The molecule has 18 heavy (non-hydrogen) atoms. The van der Waals surface area contributed by atoms with E-state index in [1.807, 2.05) is 5.38 Å². The number of hydrogen-bond donors (Lipinski definition) is 0. The highest BCUT2D eigenvalue weighted by Gasteiger charge is 2.41. The summed E-state index contributed by atoms with van der Waals surface area (Å²) in [5.41, 5.74) is 1.10. The largest absolute Gasteiger partial charge is 0.344 e. The molecule has 1 atom stereocenters. The predicted molar refractivity (Wildman–Crippen MR) is 68.8 cm³/mol. The molecule has 5 nitrogen and oxygen atoms in total. The molecule has 0 radical (unpaired) electrons. The van der Waals surface area contributed by atoms with Crippen LogP contribution in [-0.2, 0) is 4.84 Å². The third kappa shape index (κ3) is 1.83. The van der Waals surface area contributed by atoms with Crippen LogP contribution in [0.4, 0.5) is 4.79 Å². The number of rotatable bonds is 4. The molecule has 2 bridgehead atoms. The molecule has 0 N–H and O–H groups in total. The van der Waals surface area contributed by atoms with Gasteiger partial charge in [-0.25, -0.2) is 9.78 Å². The molecule has 0 aromatic carbocycles. The molecule has 6 heteroatoms. The number of urea groups is 1. The van der Waals surface area contributed by atoms with Crippen molar-refractivity contribution in [1.82, 2.24) is 14.9 Å². The second kappa shape index (κ2) is 4.55. The average Bonchev–Trinajstić information content (AvgIpc) is 2.98. The van der Waals surface area contributed by atoms with Gasteiger partial charge in [-0.2, -0.15) is 5.06 Å². The van der Waals surface area contributed by atoms with Crippen molar-refractivity contribution in [3.8, 4) is 0 Å². The van der Waals surface area contributed by atoms with Crippen LogP contribution in [-0.4, -0.2) is 46.7 Å². The average molecular weight is 263 g/mol. The molecule has 3 rings (SSSR count). The van der Waals surface area contributed by atoms with Gasteiger partial charge < -0.3 is 4.90 Å². The maximum absolute atomic E-state index is 12.1. The molecule has 0 saturated carbocycles. The third-order valence-electron chi connectivity index (χ3n) is 2.96. The van der Waals surface area contributed by atoms with Crippen LogP contribution in [0.2, 0.25) is 0 Å². The van der Waals surface area contributed by atoms with E-state index in [2.05, 4.69) is 17.6 Å². The fourth-order valence-electron chi connectivity index (χ4n) is 2.21. The lowest BCUT2D eigenvalue weighted by Gasteiger charge is -2.20. The highest BCUT2D eigenvalue weighted by atomic mass is 32.1. The lowest BCUT2D eigenvalue weighted by molar-refractivity contribution is -0.107. The fraction of sp³-hybridized carbons (Fsp3) is 0.333. The van der Waals surface area contributed by atoms with Gasteiger partial charge in [0.05, 0.1) is 19.2 Å². The van der Waals surface area contributed by atoms with Crippen molar-refractivity contribution in [2.24, 2.45) is 0 Å². The van der Waals surface area contributed by atoms with E-state index in [-0.39, 0.29) is 12.1 Å². The topological polar surface area (TPSA) is 45.7 Å². The molecule has 1 unspecified atom stereocenters. The molecule has 1 saturated heterocycles. The summed E-state index contributed by atoms with van der Waals surface area (Å²) < 4.78 is 0. The van der Waals surface area contributed by atoms with Crippen LogP contribution >= 0.6 is 11.3 Å². The summed E-state index contributed by atoms with van der Waals surface area (Å²) in [6.07, 6.45) is 5.49. The van der Waals surface area contributed by atoms with Gasteiger partial charge in [0.1, 0.15) is 5.01 Å². The summed E-state index contributed by atoms with van der Waals surface area (Å²) in [6.45, 7) is 5.22. The normalized spacial score (nSPS) is 22.3. The van der Waals surface area contributed by atoms with Crippen molar-refractivity contribution in [3.63, 3.8) is 0 Å². The van der Waals surface area contributed by atoms with Gasteiger partial charge in [0.15, 0.2) is 0 Å². The third-order valence-corrected chi connectivity index (χ3v) is 3.81. The van der Waals surface area contributed by atoms with Gasteiger partial charge in [-0.05, 0) is 6.08 Å². The Balaban J connectivity index is 1.83. The van der Waals surface area contributed by atoms with E-state index < -0.39 is 0 Å². The van der Waals surface area contributed by atoms with Gasteiger partial charge in [0, 0.05) is 23.7 Å². The quantitative estimate of drug-likeness (QED) is 0.778. The molecule has 3 heterocycles. The summed E-state index contributed by atoms with van der Waals surface area (Å²) in [6, 6.07) is -0.102. The van der Waals surface area contributed by atoms with Crippen molar-refractivity contribution in [2.45, 2.75) is 6.04 Å². The van der Waals surface area contributed by atoms with E-state index in [0.717, 1.165) is 10.6 Å². The van der Waals surface area contributed by atoms with E-state index in [0.29, 0.717) is 19.7 Å². The van der Waals surface area contributed by atoms with Crippen molar-refractivity contribution in [2.75, 3.05) is 19.7 Å². The minimum absolute atomic E-state index is 0.0231. The second-order valence-electron chi connectivity index (χ2n) is 4.17. The summed E-state index contributed by atoms with van der Waals surface area (Å²) >= 11 is 1.59. The van der Waals surface area contributed by atoms with Crippen LogP contribution in [0, 0.1) is 0 Å². The predicted octanol–water partition coefficient (Wildman–Crippen LogP) is 1.76. The monoisotopic (exact) mass is 263 g/mol.